The Labute approximate surface area is 116 Å². The third-order valence-electron chi connectivity index (χ3n) is 3.94. The lowest BCUT2D eigenvalue weighted by atomic mass is 9.88. The van der Waals surface area contributed by atoms with Gasteiger partial charge in [-0.2, -0.15) is 0 Å². The minimum Gasteiger partial charge on any atom is -0.507 e. The zero-order valence-electron chi connectivity index (χ0n) is 12.7. The van der Waals surface area contributed by atoms with E-state index in [1.165, 1.54) is 0 Å². The highest BCUT2D eigenvalue weighted by atomic mass is 16.3. The van der Waals surface area contributed by atoms with Crippen LogP contribution >= 0.6 is 0 Å². The van der Waals surface area contributed by atoms with Crippen molar-refractivity contribution in [3.63, 3.8) is 0 Å². The molecule has 1 aromatic heterocycles. The largest absolute Gasteiger partial charge is 0.507 e. The summed E-state index contributed by atoms with van der Waals surface area (Å²) >= 11 is 0. The zero-order valence-corrected chi connectivity index (χ0v) is 12.7. The molecule has 3 heteroatoms. The number of aromatic hydroxyl groups is 1. The number of hydrogen-bond donors (Lipinski definition) is 2. The van der Waals surface area contributed by atoms with E-state index < -0.39 is 0 Å². The van der Waals surface area contributed by atoms with Gasteiger partial charge in [-0.15, -0.1) is 0 Å². The van der Waals surface area contributed by atoms with E-state index in [1.807, 2.05) is 13.8 Å². The number of unbranched alkanes of at least 4 members (excludes halogenated alkanes) is 2. The molecule has 0 spiro atoms. The van der Waals surface area contributed by atoms with Gasteiger partial charge in [-0.25, -0.2) is 0 Å². The fourth-order valence-corrected chi connectivity index (χ4v) is 2.53. The monoisotopic (exact) mass is 265 g/mol. The number of hydrogen-bond acceptors (Lipinski definition) is 2. The van der Waals surface area contributed by atoms with Crippen LogP contribution in [0.25, 0.3) is 0 Å². The second-order valence-electron chi connectivity index (χ2n) is 5.45. The molecular weight excluding hydrogens is 238 g/mol. The maximum absolute atomic E-state index is 12.2. The average molecular weight is 265 g/mol. The predicted molar refractivity (Wildman–Crippen MR) is 80.0 cm³/mol. The van der Waals surface area contributed by atoms with Gasteiger partial charge in [-0.3, -0.25) is 4.79 Å². The van der Waals surface area contributed by atoms with Crippen LogP contribution in [0.1, 0.15) is 75.1 Å². The van der Waals surface area contributed by atoms with Crippen molar-refractivity contribution < 1.29 is 5.11 Å². The molecule has 0 unspecified atom stereocenters. The Morgan fingerprint density at radius 1 is 1.11 bits per heavy atom. The molecule has 0 aromatic carbocycles. The topological polar surface area (TPSA) is 53.1 Å². The summed E-state index contributed by atoms with van der Waals surface area (Å²) in [5.41, 5.74) is 2.05. The van der Waals surface area contributed by atoms with Crippen molar-refractivity contribution in [1.29, 1.82) is 0 Å². The number of pyridine rings is 1. The highest BCUT2D eigenvalue weighted by molar-refractivity contribution is 5.42. The van der Waals surface area contributed by atoms with Gasteiger partial charge >= 0.3 is 0 Å². The third-order valence-corrected chi connectivity index (χ3v) is 3.94. The quantitative estimate of drug-likeness (QED) is 0.777. The predicted octanol–water partition coefficient (Wildman–Crippen LogP) is 4.16. The molecule has 0 radical (unpaired) electrons. The smallest absolute Gasteiger partial charge is 0.255 e. The molecule has 1 rings (SSSR count). The van der Waals surface area contributed by atoms with Crippen LogP contribution in [0.15, 0.2) is 4.79 Å². The zero-order chi connectivity index (χ0) is 14.4. The summed E-state index contributed by atoms with van der Waals surface area (Å²) in [6.45, 7) is 8.00. The van der Waals surface area contributed by atoms with Crippen LogP contribution in [0.5, 0.6) is 5.75 Å². The van der Waals surface area contributed by atoms with Gasteiger partial charge in [0, 0.05) is 11.3 Å². The first-order chi connectivity index (χ1) is 9.02. The van der Waals surface area contributed by atoms with Crippen LogP contribution in [-0.2, 0) is 0 Å². The van der Waals surface area contributed by atoms with Crippen molar-refractivity contribution in [3.05, 3.63) is 27.2 Å². The molecule has 1 aromatic rings. The molecule has 108 valence electrons. The van der Waals surface area contributed by atoms with Crippen LogP contribution in [0, 0.1) is 13.8 Å². The molecule has 0 amide bonds. The Morgan fingerprint density at radius 2 is 1.63 bits per heavy atom. The molecule has 0 aliphatic rings. The second kappa shape index (κ2) is 7.37. The third kappa shape index (κ3) is 3.85. The minimum absolute atomic E-state index is 0.113. The normalized spacial score (nSPS) is 11.2. The fourth-order valence-electron chi connectivity index (χ4n) is 2.53. The van der Waals surface area contributed by atoms with Crippen molar-refractivity contribution in [3.8, 4) is 5.75 Å². The molecule has 0 aliphatic carbocycles. The Bertz CT molecular complexity index is 455. The first kappa shape index (κ1) is 15.8. The second-order valence-corrected chi connectivity index (χ2v) is 5.45. The van der Waals surface area contributed by atoms with E-state index >= 15 is 0 Å². The Kier molecular flexibility index (Phi) is 6.13. The molecule has 2 N–H and O–H groups in total. The standard InChI is InChI=1S/C16H27NO2/c1-5-7-9-13(10-8-6-2)14-15(18)11(3)12(4)17-16(14)19/h13H,5-10H2,1-4H3,(H2,17,18,19). The van der Waals surface area contributed by atoms with E-state index in [-0.39, 0.29) is 17.2 Å². The Hall–Kier alpha value is -1.25. The summed E-state index contributed by atoms with van der Waals surface area (Å²) < 4.78 is 0. The van der Waals surface area contributed by atoms with Gasteiger partial charge < -0.3 is 10.1 Å². The lowest BCUT2D eigenvalue weighted by Crippen LogP contribution is -2.19. The van der Waals surface area contributed by atoms with Crippen LogP contribution in [0.2, 0.25) is 0 Å². The van der Waals surface area contributed by atoms with Gasteiger partial charge in [0.25, 0.3) is 5.56 Å². The van der Waals surface area contributed by atoms with Crippen LogP contribution < -0.4 is 5.56 Å². The molecule has 1 heterocycles. The molecule has 3 nitrogen and oxygen atoms in total. The number of nitrogens with one attached hydrogen (secondary N) is 1. The van der Waals surface area contributed by atoms with Crippen LogP contribution in [-0.4, -0.2) is 10.1 Å². The van der Waals surface area contributed by atoms with E-state index in [0.29, 0.717) is 5.56 Å². The van der Waals surface area contributed by atoms with E-state index in [2.05, 4.69) is 18.8 Å². The summed E-state index contributed by atoms with van der Waals surface area (Å²) in [6, 6.07) is 0. The van der Waals surface area contributed by atoms with Crippen molar-refractivity contribution in [2.24, 2.45) is 0 Å². The summed E-state index contributed by atoms with van der Waals surface area (Å²) in [4.78, 5) is 15.0. The van der Waals surface area contributed by atoms with E-state index in [4.69, 9.17) is 0 Å². The maximum atomic E-state index is 12.2. The number of H-pyrrole nitrogens is 1. The van der Waals surface area contributed by atoms with Crippen LogP contribution in [0.4, 0.5) is 0 Å². The van der Waals surface area contributed by atoms with Crippen molar-refractivity contribution in [2.75, 3.05) is 0 Å². The fraction of sp³-hybridized carbons (Fsp3) is 0.688. The molecule has 0 fully saturated rings. The molecule has 0 saturated carbocycles. The minimum atomic E-state index is -0.113. The summed E-state index contributed by atoms with van der Waals surface area (Å²) in [5, 5.41) is 10.3. The average Bonchev–Trinajstić information content (AvgIpc) is 2.38. The number of rotatable bonds is 7. The molecule has 0 saturated heterocycles. The van der Waals surface area contributed by atoms with Gasteiger partial charge in [0.15, 0.2) is 0 Å². The first-order valence-electron chi connectivity index (χ1n) is 7.45. The van der Waals surface area contributed by atoms with Gasteiger partial charge in [0.2, 0.25) is 0 Å². The SMILES string of the molecule is CCCCC(CCCC)c1c(O)c(C)c(C)[nH]c1=O. The number of aromatic nitrogens is 1. The van der Waals surface area contributed by atoms with E-state index in [1.54, 1.807) is 0 Å². The first-order valence-corrected chi connectivity index (χ1v) is 7.45. The lowest BCUT2D eigenvalue weighted by molar-refractivity contribution is 0.437. The number of aryl methyl sites for hydroxylation is 1. The van der Waals surface area contributed by atoms with Crippen molar-refractivity contribution >= 4 is 0 Å². The molecule has 0 aliphatic heterocycles. The van der Waals surface area contributed by atoms with Crippen LogP contribution in [0.3, 0.4) is 0 Å². The van der Waals surface area contributed by atoms with Crippen molar-refractivity contribution in [2.45, 2.75) is 72.1 Å². The molecule has 19 heavy (non-hydrogen) atoms. The summed E-state index contributed by atoms with van der Waals surface area (Å²) in [6.07, 6.45) is 6.39. The van der Waals surface area contributed by atoms with E-state index in [9.17, 15) is 9.90 Å². The maximum Gasteiger partial charge on any atom is 0.255 e. The van der Waals surface area contributed by atoms with Gasteiger partial charge in [0.05, 0.1) is 5.56 Å². The molecule has 0 atom stereocenters. The highest BCUT2D eigenvalue weighted by Gasteiger charge is 2.21. The molecular formula is C16H27NO2. The number of aromatic amines is 1. The van der Waals surface area contributed by atoms with Gasteiger partial charge in [-0.1, -0.05) is 39.5 Å². The molecule has 0 bridgehead atoms. The lowest BCUT2D eigenvalue weighted by Gasteiger charge is -2.19. The Balaban J connectivity index is 3.13. The summed E-state index contributed by atoms with van der Waals surface area (Å²) in [5.74, 6) is 0.390. The van der Waals surface area contributed by atoms with Gasteiger partial charge in [0.1, 0.15) is 5.75 Å². The summed E-state index contributed by atoms with van der Waals surface area (Å²) in [7, 11) is 0. The highest BCUT2D eigenvalue weighted by Crippen LogP contribution is 2.33. The van der Waals surface area contributed by atoms with Crippen molar-refractivity contribution in [1.82, 2.24) is 4.98 Å². The Morgan fingerprint density at radius 3 is 2.11 bits per heavy atom. The van der Waals surface area contributed by atoms with E-state index in [0.717, 1.165) is 49.8 Å². The van der Waals surface area contributed by atoms with Gasteiger partial charge in [-0.05, 0) is 32.6 Å².